The van der Waals surface area contributed by atoms with Crippen LogP contribution in [0.25, 0.3) is 0 Å². The predicted octanol–water partition coefficient (Wildman–Crippen LogP) is 0.720. The first-order chi connectivity index (χ1) is 6.43. The Morgan fingerprint density at radius 1 is 1.38 bits per heavy atom. The van der Waals surface area contributed by atoms with E-state index in [4.69, 9.17) is 0 Å². The maximum Gasteiger partial charge on any atom is 0.0881 e. The molecule has 4 heteroatoms. The molecule has 70 valence electrons. The van der Waals surface area contributed by atoms with Gasteiger partial charge in [0.15, 0.2) is 0 Å². The van der Waals surface area contributed by atoms with Crippen LogP contribution in [0.15, 0.2) is 0 Å². The largest absolute Gasteiger partial charge is 0.308 e. The van der Waals surface area contributed by atoms with Gasteiger partial charge in [-0.2, -0.15) is 4.79 Å². The van der Waals surface area contributed by atoms with Crippen molar-refractivity contribution in [1.29, 1.82) is 0 Å². The van der Waals surface area contributed by atoms with E-state index in [9.17, 15) is 0 Å². The Balaban J connectivity index is 1.72. The van der Waals surface area contributed by atoms with Crippen LogP contribution in [-0.2, 0) is 12.8 Å². The van der Waals surface area contributed by atoms with E-state index in [2.05, 4.69) is 15.7 Å². The summed E-state index contributed by atoms with van der Waals surface area (Å²) in [6.45, 7) is 1.07. The van der Waals surface area contributed by atoms with Crippen molar-refractivity contribution in [3.63, 3.8) is 0 Å². The molecule has 1 fully saturated rings. The molecule has 0 spiro atoms. The molecule has 0 aliphatic heterocycles. The highest BCUT2D eigenvalue weighted by Crippen LogP contribution is 2.28. The molecule has 1 heterocycles. The highest BCUT2D eigenvalue weighted by atomic mass is 15.6. The molecule has 1 aromatic rings. The molecule has 13 heavy (non-hydrogen) atoms. The molecule has 3 rings (SSSR count). The van der Waals surface area contributed by atoms with Gasteiger partial charge in [0, 0.05) is 6.54 Å². The fourth-order valence-corrected chi connectivity index (χ4v) is 1.87. The molecule has 0 bridgehead atoms. The van der Waals surface area contributed by atoms with Gasteiger partial charge in [-0.1, -0.05) is 0 Å². The molecule has 2 aliphatic carbocycles. The Bertz CT molecular complexity index is 313. The summed E-state index contributed by atoms with van der Waals surface area (Å²) in [6, 6.07) is 0. The first-order valence-corrected chi connectivity index (χ1v) is 5.11. The van der Waals surface area contributed by atoms with Crippen molar-refractivity contribution < 1.29 is 0 Å². The third-order valence-corrected chi connectivity index (χ3v) is 2.90. The molecule has 0 aromatic carbocycles. The number of hydrogen-bond donors (Lipinski definition) is 1. The van der Waals surface area contributed by atoms with Crippen LogP contribution in [0.4, 0.5) is 0 Å². The van der Waals surface area contributed by atoms with Gasteiger partial charge >= 0.3 is 0 Å². The summed E-state index contributed by atoms with van der Waals surface area (Å²) in [5.74, 6) is 0.890. The molecular weight excluding hydrogens is 164 g/mol. The number of fused-ring (bicyclic) bond motifs is 1. The van der Waals surface area contributed by atoms with Crippen LogP contribution in [0.3, 0.4) is 0 Å². The lowest BCUT2D eigenvalue weighted by Crippen LogP contribution is -2.20. The number of aryl methyl sites for hydroxylation is 1. The number of hydrogen-bond acceptors (Lipinski definition) is 3. The summed E-state index contributed by atoms with van der Waals surface area (Å²) in [4.78, 5) is 1.89. The van der Waals surface area contributed by atoms with Crippen molar-refractivity contribution in [1.82, 2.24) is 15.1 Å². The Morgan fingerprint density at radius 2 is 2.31 bits per heavy atom. The normalized spacial score (nSPS) is 20.3. The Morgan fingerprint density at radius 3 is 3.15 bits per heavy atom. The number of rotatable bonds is 3. The summed E-state index contributed by atoms with van der Waals surface area (Å²) in [5.41, 5.74) is 5.83. The van der Waals surface area contributed by atoms with Crippen LogP contribution in [-0.4, -0.2) is 21.6 Å². The fourth-order valence-electron chi connectivity index (χ4n) is 1.87. The minimum atomic E-state index is 0.890. The van der Waals surface area contributed by atoms with Gasteiger partial charge in [-0.15, -0.1) is 5.10 Å². The lowest BCUT2D eigenvalue weighted by atomic mass is 10.4. The van der Waals surface area contributed by atoms with Gasteiger partial charge in [-0.05, 0) is 43.2 Å². The molecule has 0 amide bonds. The maximum absolute atomic E-state index is 4.15. The Hall–Kier alpha value is -1.06. The molecule has 4 nitrogen and oxygen atoms in total. The van der Waals surface area contributed by atoms with E-state index in [1.165, 1.54) is 30.7 Å². The van der Waals surface area contributed by atoms with Crippen molar-refractivity contribution in [3.05, 3.63) is 11.4 Å². The second-order valence-electron chi connectivity index (χ2n) is 4.05. The summed E-state index contributed by atoms with van der Waals surface area (Å²) in [5, 5.41) is 8.24. The zero-order valence-corrected chi connectivity index (χ0v) is 7.66. The molecule has 1 aromatic heterocycles. The summed E-state index contributed by atoms with van der Waals surface area (Å²) >= 11 is 0. The molecule has 0 radical (unpaired) electrons. The first-order valence-electron chi connectivity index (χ1n) is 5.11. The topological polar surface area (TPSA) is 42.7 Å². The van der Waals surface area contributed by atoms with Gasteiger partial charge in [0.05, 0.1) is 11.4 Å². The van der Waals surface area contributed by atoms with E-state index in [0.717, 1.165) is 25.3 Å². The summed E-state index contributed by atoms with van der Waals surface area (Å²) in [6.07, 6.45) is 6.25. The van der Waals surface area contributed by atoms with Crippen molar-refractivity contribution >= 4 is 0 Å². The fraction of sp³-hybridized carbons (Fsp3) is 0.778. The van der Waals surface area contributed by atoms with E-state index in [-0.39, 0.29) is 0 Å². The predicted molar refractivity (Wildman–Crippen MR) is 49.0 cm³/mol. The number of nitrogens with zero attached hydrogens (tertiary/aromatic N) is 3. The first kappa shape index (κ1) is 7.35. The van der Waals surface area contributed by atoms with Crippen molar-refractivity contribution in [2.45, 2.75) is 32.1 Å². The van der Waals surface area contributed by atoms with E-state index >= 15 is 0 Å². The van der Waals surface area contributed by atoms with Crippen LogP contribution in [0, 0.1) is 5.92 Å². The van der Waals surface area contributed by atoms with Gasteiger partial charge in [-0.25, -0.2) is 0 Å². The standard InChI is InChI=1S/C9H14N4/c1-2-8-9(3-1)13(12-11-8)10-6-7-4-5-7/h7,10H,1-6H2. The quantitative estimate of drug-likeness (QED) is 0.741. The second kappa shape index (κ2) is 2.72. The number of nitrogens with one attached hydrogen (secondary N) is 1. The monoisotopic (exact) mass is 178 g/mol. The van der Waals surface area contributed by atoms with Crippen LogP contribution >= 0.6 is 0 Å². The average Bonchev–Trinajstić information content (AvgIpc) is 2.72. The van der Waals surface area contributed by atoms with Crippen molar-refractivity contribution in [2.24, 2.45) is 5.92 Å². The third kappa shape index (κ3) is 1.30. The van der Waals surface area contributed by atoms with Crippen LogP contribution in [0.2, 0.25) is 0 Å². The molecule has 2 aliphatic rings. The van der Waals surface area contributed by atoms with E-state index < -0.39 is 0 Å². The molecule has 1 N–H and O–H groups in total. The molecule has 1 saturated carbocycles. The lowest BCUT2D eigenvalue weighted by molar-refractivity contribution is 0.631. The Kier molecular flexibility index (Phi) is 1.54. The molecule has 0 saturated heterocycles. The van der Waals surface area contributed by atoms with E-state index in [1.807, 2.05) is 4.79 Å². The van der Waals surface area contributed by atoms with Crippen LogP contribution < -0.4 is 5.43 Å². The van der Waals surface area contributed by atoms with E-state index in [1.54, 1.807) is 0 Å². The number of aromatic nitrogens is 3. The Labute approximate surface area is 77.3 Å². The van der Waals surface area contributed by atoms with Crippen molar-refractivity contribution in [3.8, 4) is 0 Å². The molecule has 0 unspecified atom stereocenters. The summed E-state index contributed by atoms with van der Waals surface area (Å²) in [7, 11) is 0. The van der Waals surface area contributed by atoms with Gasteiger partial charge in [0.2, 0.25) is 0 Å². The van der Waals surface area contributed by atoms with Gasteiger partial charge in [0.1, 0.15) is 0 Å². The molecule has 0 atom stereocenters. The van der Waals surface area contributed by atoms with Crippen LogP contribution in [0.5, 0.6) is 0 Å². The molecular formula is C9H14N4. The highest BCUT2D eigenvalue weighted by molar-refractivity contribution is 5.16. The zero-order valence-electron chi connectivity index (χ0n) is 7.66. The SMILES string of the molecule is C1Cc2nnn(NCC3CC3)c2C1. The van der Waals surface area contributed by atoms with Crippen LogP contribution in [0.1, 0.15) is 30.7 Å². The minimum Gasteiger partial charge on any atom is -0.308 e. The smallest absolute Gasteiger partial charge is 0.0881 e. The second-order valence-corrected chi connectivity index (χ2v) is 4.05. The average molecular weight is 178 g/mol. The van der Waals surface area contributed by atoms with Gasteiger partial charge < -0.3 is 5.43 Å². The summed E-state index contributed by atoms with van der Waals surface area (Å²) < 4.78 is 0. The van der Waals surface area contributed by atoms with Gasteiger partial charge in [-0.3, -0.25) is 0 Å². The van der Waals surface area contributed by atoms with E-state index in [0.29, 0.717) is 0 Å². The third-order valence-electron chi connectivity index (χ3n) is 2.90. The maximum atomic E-state index is 4.15. The lowest BCUT2D eigenvalue weighted by Gasteiger charge is -2.05. The minimum absolute atomic E-state index is 0.890. The van der Waals surface area contributed by atoms with Crippen molar-refractivity contribution in [2.75, 3.05) is 12.0 Å². The zero-order chi connectivity index (χ0) is 8.67. The van der Waals surface area contributed by atoms with Gasteiger partial charge in [0.25, 0.3) is 0 Å². The highest BCUT2D eigenvalue weighted by Gasteiger charge is 2.23.